The number of benzene rings is 2. The van der Waals surface area contributed by atoms with E-state index in [0.29, 0.717) is 22.9 Å². The molecule has 0 aliphatic heterocycles. The van der Waals surface area contributed by atoms with Crippen molar-refractivity contribution in [2.75, 3.05) is 11.9 Å². The fourth-order valence-corrected chi connectivity index (χ4v) is 3.37. The van der Waals surface area contributed by atoms with E-state index in [9.17, 15) is 4.79 Å². The summed E-state index contributed by atoms with van der Waals surface area (Å²) in [6, 6.07) is 10.7. The fourth-order valence-electron chi connectivity index (χ4n) is 1.70. The Morgan fingerprint density at radius 1 is 1.33 bits per heavy atom. The lowest BCUT2D eigenvalue weighted by molar-refractivity contribution is 0.102. The molecule has 0 atom stereocenters. The van der Waals surface area contributed by atoms with Crippen LogP contribution in [0.3, 0.4) is 0 Å². The molecule has 0 aliphatic rings. The monoisotopic (exact) mass is 479 g/mol. The average molecular weight is 481 g/mol. The number of carbonyl (C=O) groups is 1. The molecule has 0 aliphatic carbocycles. The van der Waals surface area contributed by atoms with Crippen LogP contribution in [0.15, 0.2) is 40.9 Å². The van der Waals surface area contributed by atoms with Crippen molar-refractivity contribution in [1.82, 2.24) is 0 Å². The minimum absolute atomic E-state index is 0.208. The lowest BCUT2D eigenvalue weighted by atomic mass is 10.2. The smallest absolute Gasteiger partial charge is 0.255 e. The minimum atomic E-state index is -0.208. The van der Waals surface area contributed by atoms with Crippen molar-refractivity contribution in [3.63, 3.8) is 0 Å². The summed E-state index contributed by atoms with van der Waals surface area (Å²) < 4.78 is 7.27. The molecule has 1 amide bonds. The third kappa shape index (κ3) is 4.34. The first-order chi connectivity index (χ1) is 10.0. The van der Waals surface area contributed by atoms with Gasteiger partial charge in [0.15, 0.2) is 0 Å². The summed E-state index contributed by atoms with van der Waals surface area (Å²) >= 11 is 11.7. The van der Waals surface area contributed by atoms with Gasteiger partial charge in [0.25, 0.3) is 5.91 Å². The lowest BCUT2D eigenvalue weighted by Crippen LogP contribution is -2.12. The summed E-state index contributed by atoms with van der Waals surface area (Å²) in [5, 5.41) is 3.29. The van der Waals surface area contributed by atoms with Crippen molar-refractivity contribution < 1.29 is 9.53 Å². The SMILES string of the molecule is CCOc1ccc(C(=O)Nc2ccc(Br)cc2I)cc1Cl. The van der Waals surface area contributed by atoms with E-state index < -0.39 is 0 Å². The molecule has 0 radical (unpaired) electrons. The van der Waals surface area contributed by atoms with Crippen molar-refractivity contribution in [2.45, 2.75) is 6.92 Å². The Balaban J connectivity index is 2.18. The van der Waals surface area contributed by atoms with Gasteiger partial charge in [0.05, 0.1) is 17.3 Å². The zero-order valence-electron chi connectivity index (χ0n) is 11.1. The molecule has 0 saturated heterocycles. The second kappa shape index (κ2) is 7.47. The highest BCUT2D eigenvalue weighted by atomic mass is 127. The topological polar surface area (TPSA) is 38.3 Å². The third-order valence-electron chi connectivity index (χ3n) is 2.67. The molecule has 2 aromatic rings. The van der Waals surface area contributed by atoms with Crippen LogP contribution in [0.1, 0.15) is 17.3 Å². The highest BCUT2D eigenvalue weighted by Crippen LogP contribution is 2.27. The van der Waals surface area contributed by atoms with Crippen molar-refractivity contribution in [3.8, 4) is 5.75 Å². The molecule has 2 aromatic carbocycles. The first-order valence-electron chi connectivity index (χ1n) is 6.20. The second-order valence-electron chi connectivity index (χ2n) is 4.16. The first-order valence-corrected chi connectivity index (χ1v) is 8.45. The molecule has 0 aromatic heterocycles. The van der Waals surface area contributed by atoms with Crippen LogP contribution in [0.5, 0.6) is 5.75 Å². The summed E-state index contributed by atoms with van der Waals surface area (Å²) in [5.41, 5.74) is 1.25. The second-order valence-corrected chi connectivity index (χ2v) is 6.64. The van der Waals surface area contributed by atoms with Gasteiger partial charge in [-0.05, 0) is 65.9 Å². The van der Waals surface area contributed by atoms with E-state index >= 15 is 0 Å². The highest BCUT2D eigenvalue weighted by molar-refractivity contribution is 14.1. The molecule has 2 rings (SSSR count). The van der Waals surface area contributed by atoms with Gasteiger partial charge in [0.1, 0.15) is 5.75 Å². The average Bonchev–Trinajstić information content (AvgIpc) is 2.44. The molecule has 0 fully saturated rings. The number of hydrogen-bond donors (Lipinski definition) is 1. The van der Waals surface area contributed by atoms with Crippen LogP contribution in [0, 0.1) is 3.57 Å². The summed E-state index contributed by atoms with van der Waals surface area (Å²) in [4.78, 5) is 12.2. The van der Waals surface area contributed by atoms with Crippen LogP contribution < -0.4 is 10.1 Å². The van der Waals surface area contributed by atoms with Gasteiger partial charge in [-0.3, -0.25) is 4.79 Å². The highest BCUT2D eigenvalue weighted by Gasteiger charge is 2.11. The lowest BCUT2D eigenvalue weighted by Gasteiger charge is -2.10. The number of amides is 1. The van der Waals surface area contributed by atoms with E-state index in [1.54, 1.807) is 18.2 Å². The van der Waals surface area contributed by atoms with Crippen LogP contribution >= 0.6 is 50.1 Å². The van der Waals surface area contributed by atoms with Gasteiger partial charge in [-0.1, -0.05) is 27.5 Å². The number of anilines is 1. The molecule has 3 nitrogen and oxygen atoms in total. The summed E-state index contributed by atoms with van der Waals surface area (Å²) in [7, 11) is 0. The number of nitrogens with one attached hydrogen (secondary N) is 1. The molecule has 0 unspecified atom stereocenters. The van der Waals surface area contributed by atoms with E-state index in [0.717, 1.165) is 13.7 Å². The van der Waals surface area contributed by atoms with Gasteiger partial charge in [-0.25, -0.2) is 0 Å². The quantitative estimate of drug-likeness (QED) is 0.599. The van der Waals surface area contributed by atoms with Gasteiger partial charge in [-0.2, -0.15) is 0 Å². The van der Waals surface area contributed by atoms with Crippen molar-refractivity contribution in [2.24, 2.45) is 0 Å². The van der Waals surface area contributed by atoms with Crippen molar-refractivity contribution in [3.05, 3.63) is 55.0 Å². The van der Waals surface area contributed by atoms with Crippen molar-refractivity contribution >= 4 is 61.7 Å². The number of ether oxygens (including phenoxy) is 1. The number of halogens is 3. The standard InChI is InChI=1S/C15H12BrClINO2/c1-2-21-14-6-3-9(7-11(14)17)15(20)19-13-5-4-10(16)8-12(13)18/h3-8H,2H2,1H3,(H,19,20). The van der Waals surface area contributed by atoms with E-state index in [4.69, 9.17) is 16.3 Å². The molecule has 110 valence electrons. The Morgan fingerprint density at radius 3 is 2.71 bits per heavy atom. The normalized spacial score (nSPS) is 10.3. The van der Waals surface area contributed by atoms with Gasteiger partial charge in [-0.15, -0.1) is 0 Å². The maximum Gasteiger partial charge on any atom is 0.255 e. The van der Waals surface area contributed by atoms with Crippen LogP contribution in [0.4, 0.5) is 5.69 Å². The Kier molecular flexibility index (Phi) is 5.89. The van der Waals surface area contributed by atoms with Gasteiger partial charge >= 0.3 is 0 Å². The molecular formula is C15H12BrClINO2. The van der Waals surface area contributed by atoms with Crippen molar-refractivity contribution in [1.29, 1.82) is 0 Å². The molecule has 6 heteroatoms. The van der Waals surface area contributed by atoms with Crippen LogP contribution in [0.2, 0.25) is 5.02 Å². The maximum atomic E-state index is 12.2. The van der Waals surface area contributed by atoms with Gasteiger partial charge in [0, 0.05) is 13.6 Å². The van der Waals surface area contributed by atoms with Crippen LogP contribution in [-0.4, -0.2) is 12.5 Å². The van der Waals surface area contributed by atoms with E-state index in [1.165, 1.54) is 0 Å². The molecule has 0 spiro atoms. The number of carbonyl (C=O) groups excluding carboxylic acids is 1. The predicted molar refractivity (Wildman–Crippen MR) is 97.4 cm³/mol. The van der Waals surface area contributed by atoms with E-state index in [2.05, 4.69) is 43.8 Å². The van der Waals surface area contributed by atoms with Crippen LogP contribution in [-0.2, 0) is 0 Å². The molecule has 0 bridgehead atoms. The summed E-state index contributed by atoms with van der Waals surface area (Å²) in [5.74, 6) is 0.370. The molecule has 0 heterocycles. The third-order valence-corrected chi connectivity index (χ3v) is 4.35. The molecule has 0 saturated carbocycles. The number of rotatable bonds is 4. The number of hydrogen-bond acceptors (Lipinski definition) is 2. The summed E-state index contributed by atoms with van der Waals surface area (Å²) in [6.45, 7) is 2.41. The summed E-state index contributed by atoms with van der Waals surface area (Å²) in [6.07, 6.45) is 0. The minimum Gasteiger partial charge on any atom is -0.492 e. The Labute approximate surface area is 150 Å². The molecule has 21 heavy (non-hydrogen) atoms. The Hall–Kier alpha value is -0.790. The van der Waals surface area contributed by atoms with E-state index in [1.807, 2.05) is 25.1 Å². The van der Waals surface area contributed by atoms with Crippen LogP contribution in [0.25, 0.3) is 0 Å². The van der Waals surface area contributed by atoms with Gasteiger partial charge < -0.3 is 10.1 Å². The molecule has 1 N–H and O–H groups in total. The fraction of sp³-hybridized carbons (Fsp3) is 0.133. The zero-order valence-corrected chi connectivity index (χ0v) is 15.6. The van der Waals surface area contributed by atoms with E-state index in [-0.39, 0.29) is 5.91 Å². The Bertz CT molecular complexity index is 679. The molecular weight excluding hydrogens is 468 g/mol. The maximum absolute atomic E-state index is 12.2. The zero-order chi connectivity index (χ0) is 15.4. The largest absolute Gasteiger partial charge is 0.492 e. The first kappa shape index (κ1) is 16.6. The Morgan fingerprint density at radius 2 is 2.10 bits per heavy atom. The van der Waals surface area contributed by atoms with Gasteiger partial charge in [0.2, 0.25) is 0 Å². The predicted octanol–water partition coefficient (Wildman–Crippen LogP) is 5.36.